The first kappa shape index (κ1) is 15.4. The molecule has 1 fully saturated rings. The van der Waals surface area contributed by atoms with Crippen molar-refractivity contribution in [2.45, 2.75) is 71.0 Å². The van der Waals surface area contributed by atoms with Gasteiger partial charge in [0.15, 0.2) is 5.82 Å². The van der Waals surface area contributed by atoms with Gasteiger partial charge in [0.1, 0.15) is 0 Å². The first-order chi connectivity index (χ1) is 9.85. The van der Waals surface area contributed by atoms with Crippen molar-refractivity contribution in [2.75, 3.05) is 13.2 Å². The Bertz CT molecular complexity index is 375. The van der Waals surface area contributed by atoms with Crippen molar-refractivity contribution < 1.29 is 5.11 Å². The van der Waals surface area contributed by atoms with E-state index in [1.807, 2.05) is 4.68 Å². The van der Waals surface area contributed by atoms with Gasteiger partial charge in [-0.1, -0.05) is 32.6 Å². The minimum atomic E-state index is 0.201. The van der Waals surface area contributed by atoms with Crippen molar-refractivity contribution in [1.82, 2.24) is 25.1 Å². The van der Waals surface area contributed by atoms with Crippen LogP contribution in [-0.4, -0.2) is 49.4 Å². The zero-order valence-electron chi connectivity index (χ0n) is 12.5. The molecule has 1 aliphatic rings. The molecule has 0 aliphatic heterocycles. The molecule has 0 aromatic carbocycles. The fraction of sp³-hybridized carbons (Fsp3) is 0.929. The average Bonchev–Trinajstić information content (AvgIpc) is 2.93. The second-order valence-corrected chi connectivity index (χ2v) is 5.66. The highest BCUT2D eigenvalue weighted by atomic mass is 16.3. The van der Waals surface area contributed by atoms with E-state index >= 15 is 0 Å². The van der Waals surface area contributed by atoms with Crippen molar-refractivity contribution >= 4 is 0 Å². The molecule has 6 heteroatoms. The number of rotatable bonds is 8. The molecular weight excluding hydrogens is 254 g/mol. The van der Waals surface area contributed by atoms with Gasteiger partial charge in [0.05, 0.1) is 13.2 Å². The molecule has 1 N–H and O–H groups in total. The molecule has 0 saturated heterocycles. The van der Waals surface area contributed by atoms with Crippen LogP contribution in [0.3, 0.4) is 0 Å². The van der Waals surface area contributed by atoms with Gasteiger partial charge in [0.25, 0.3) is 0 Å². The minimum absolute atomic E-state index is 0.201. The van der Waals surface area contributed by atoms with Crippen molar-refractivity contribution in [2.24, 2.45) is 0 Å². The third-order valence-electron chi connectivity index (χ3n) is 4.15. The number of aryl methyl sites for hydroxylation is 1. The number of aliphatic hydroxyl groups is 1. The predicted octanol–water partition coefficient (Wildman–Crippen LogP) is 1.60. The van der Waals surface area contributed by atoms with E-state index in [2.05, 4.69) is 27.3 Å². The highest BCUT2D eigenvalue weighted by Crippen LogP contribution is 2.23. The first-order valence-electron chi connectivity index (χ1n) is 7.95. The molecule has 1 saturated carbocycles. The zero-order chi connectivity index (χ0) is 14.2. The minimum Gasteiger partial charge on any atom is -0.395 e. The summed E-state index contributed by atoms with van der Waals surface area (Å²) in [4.78, 5) is 2.35. The van der Waals surface area contributed by atoms with Crippen LogP contribution in [0.1, 0.15) is 57.7 Å². The van der Waals surface area contributed by atoms with Crippen LogP contribution in [0.5, 0.6) is 0 Å². The molecule has 0 unspecified atom stereocenters. The topological polar surface area (TPSA) is 67.1 Å². The summed E-state index contributed by atoms with van der Waals surface area (Å²) >= 11 is 0. The standard InChI is InChI=1S/C14H27N5O/c1-2-3-9-19-14(15-16-17-19)12-18(10-11-20)13-7-5-4-6-8-13/h13,20H,2-12H2,1H3. The number of tetrazole rings is 1. The van der Waals surface area contributed by atoms with E-state index in [9.17, 15) is 5.11 Å². The van der Waals surface area contributed by atoms with E-state index in [0.717, 1.165) is 31.8 Å². The van der Waals surface area contributed by atoms with E-state index in [1.54, 1.807) is 0 Å². The van der Waals surface area contributed by atoms with Gasteiger partial charge in [-0.2, -0.15) is 0 Å². The molecule has 0 spiro atoms. The lowest BCUT2D eigenvalue weighted by molar-refractivity contribution is 0.112. The molecule has 1 aliphatic carbocycles. The average molecular weight is 281 g/mol. The fourth-order valence-corrected chi connectivity index (χ4v) is 2.97. The van der Waals surface area contributed by atoms with Crippen LogP contribution in [0.25, 0.3) is 0 Å². The quantitative estimate of drug-likeness (QED) is 0.784. The van der Waals surface area contributed by atoms with Gasteiger partial charge in [0, 0.05) is 19.1 Å². The Kier molecular flexibility index (Phi) is 6.39. The summed E-state index contributed by atoms with van der Waals surface area (Å²) in [7, 11) is 0. The summed E-state index contributed by atoms with van der Waals surface area (Å²) < 4.78 is 1.91. The Hall–Kier alpha value is -1.01. The number of hydrogen-bond acceptors (Lipinski definition) is 5. The smallest absolute Gasteiger partial charge is 0.165 e. The van der Waals surface area contributed by atoms with Gasteiger partial charge in [-0.25, -0.2) is 4.68 Å². The molecule has 6 nitrogen and oxygen atoms in total. The van der Waals surface area contributed by atoms with E-state index in [-0.39, 0.29) is 6.61 Å². The Morgan fingerprint density at radius 1 is 1.30 bits per heavy atom. The number of aromatic nitrogens is 4. The van der Waals surface area contributed by atoms with Crippen LogP contribution in [0.2, 0.25) is 0 Å². The maximum atomic E-state index is 9.31. The monoisotopic (exact) mass is 281 g/mol. The Morgan fingerprint density at radius 3 is 2.80 bits per heavy atom. The van der Waals surface area contributed by atoms with E-state index < -0.39 is 0 Å². The Balaban J connectivity index is 1.97. The molecule has 0 bridgehead atoms. The highest BCUT2D eigenvalue weighted by Gasteiger charge is 2.22. The summed E-state index contributed by atoms with van der Waals surface area (Å²) in [5.41, 5.74) is 0. The molecular formula is C14H27N5O. The third-order valence-corrected chi connectivity index (χ3v) is 4.15. The molecule has 1 aromatic rings. The number of aliphatic hydroxyl groups excluding tert-OH is 1. The summed E-state index contributed by atoms with van der Waals surface area (Å²) in [5, 5.41) is 21.4. The third kappa shape index (κ3) is 4.24. The van der Waals surface area contributed by atoms with Crippen LogP contribution >= 0.6 is 0 Å². The van der Waals surface area contributed by atoms with Crippen molar-refractivity contribution in [3.8, 4) is 0 Å². The summed E-state index contributed by atoms with van der Waals surface area (Å²) in [6.07, 6.45) is 8.65. The second-order valence-electron chi connectivity index (χ2n) is 5.66. The van der Waals surface area contributed by atoms with Gasteiger partial charge in [-0.15, -0.1) is 5.10 Å². The first-order valence-corrected chi connectivity index (χ1v) is 7.95. The van der Waals surface area contributed by atoms with Crippen LogP contribution in [0, 0.1) is 0 Å². The highest BCUT2D eigenvalue weighted by molar-refractivity contribution is 4.85. The largest absolute Gasteiger partial charge is 0.395 e. The van der Waals surface area contributed by atoms with Crippen molar-refractivity contribution in [1.29, 1.82) is 0 Å². The molecule has 0 amide bonds. The van der Waals surface area contributed by atoms with Crippen LogP contribution in [-0.2, 0) is 13.1 Å². The van der Waals surface area contributed by atoms with E-state index in [4.69, 9.17) is 0 Å². The lowest BCUT2D eigenvalue weighted by Gasteiger charge is -2.33. The lowest BCUT2D eigenvalue weighted by Crippen LogP contribution is -2.39. The maximum Gasteiger partial charge on any atom is 0.165 e. The number of unbranched alkanes of at least 4 members (excludes halogenated alkanes) is 1. The van der Waals surface area contributed by atoms with Crippen molar-refractivity contribution in [3.05, 3.63) is 5.82 Å². The SMILES string of the molecule is CCCCn1nnnc1CN(CCO)C1CCCCC1. The molecule has 2 rings (SSSR count). The second kappa shape index (κ2) is 8.32. The zero-order valence-corrected chi connectivity index (χ0v) is 12.5. The molecule has 0 radical (unpaired) electrons. The summed E-state index contributed by atoms with van der Waals surface area (Å²) in [6.45, 7) is 4.72. The van der Waals surface area contributed by atoms with Gasteiger partial charge < -0.3 is 5.11 Å². The summed E-state index contributed by atoms with van der Waals surface area (Å²) in [5.74, 6) is 0.928. The molecule has 1 aromatic heterocycles. The fourth-order valence-electron chi connectivity index (χ4n) is 2.97. The number of nitrogens with zero attached hydrogens (tertiary/aromatic N) is 5. The lowest BCUT2D eigenvalue weighted by atomic mass is 9.94. The van der Waals surface area contributed by atoms with Gasteiger partial charge >= 0.3 is 0 Å². The van der Waals surface area contributed by atoms with Crippen molar-refractivity contribution in [3.63, 3.8) is 0 Å². The van der Waals surface area contributed by atoms with E-state index in [0.29, 0.717) is 12.6 Å². The predicted molar refractivity (Wildman–Crippen MR) is 77.1 cm³/mol. The van der Waals surface area contributed by atoms with Gasteiger partial charge in [-0.3, -0.25) is 4.90 Å². The molecule has 20 heavy (non-hydrogen) atoms. The summed E-state index contributed by atoms with van der Waals surface area (Å²) in [6, 6.07) is 0.576. The van der Waals surface area contributed by atoms with Crippen LogP contribution in [0.15, 0.2) is 0 Å². The van der Waals surface area contributed by atoms with Crippen LogP contribution < -0.4 is 0 Å². The maximum absolute atomic E-state index is 9.31. The molecule has 1 heterocycles. The Labute approximate surface area is 121 Å². The normalized spacial score (nSPS) is 16.9. The van der Waals surface area contributed by atoms with Gasteiger partial charge in [0.2, 0.25) is 0 Å². The number of hydrogen-bond donors (Lipinski definition) is 1. The Morgan fingerprint density at radius 2 is 2.10 bits per heavy atom. The van der Waals surface area contributed by atoms with Crippen LogP contribution in [0.4, 0.5) is 0 Å². The van der Waals surface area contributed by atoms with Gasteiger partial charge in [-0.05, 0) is 29.7 Å². The molecule has 0 atom stereocenters. The van der Waals surface area contributed by atoms with E-state index in [1.165, 1.54) is 32.1 Å². The molecule has 114 valence electrons.